The highest BCUT2D eigenvalue weighted by molar-refractivity contribution is 7.18. The molecule has 2 N–H and O–H groups in total. The van der Waals surface area contributed by atoms with Crippen LogP contribution in [0.25, 0.3) is 10.2 Å². The molecular formula is C18H24N2O3S. The van der Waals surface area contributed by atoms with Gasteiger partial charge in [-0.25, -0.2) is 4.98 Å². The average molecular weight is 348 g/mol. The van der Waals surface area contributed by atoms with Crippen molar-refractivity contribution < 1.29 is 15.0 Å². The van der Waals surface area contributed by atoms with Gasteiger partial charge in [0.15, 0.2) is 6.10 Å². The summed E-state index contributed by atoms with van der Waals surface area (Å²) in [4.78, 5) is 18.7. The number of carbonyl (C=O) groups is 1. The van der Waals surface area contributed by atoms with Gasteiger partial charge in [-0.2, -0.15) is 0 Å². The molecule has 0 spiro atoms. The Labute approximate surface area is 145 Å². The predicted octanol–water partition coefficient (Wildman–Crippen LogP) is 2.73. The van der Waals surface area contributed by atoms with Crippen LogP contribution in [0.4, 0.5) is 0 Å². The number of aromatic nitrogens is 1. The van der Waals surface area contributed by atoms with Crippen LogP contribution >= 0.6 is 11.3 Å². The van der Waals surface area contributed by atoms with Crippen molar-refractivity contribution >= 4 is 27.5 Å². The molecule has 1 aromatic heterocycles. The molecule has 0 saturated heterocycles. The van der Waals surface area contributed by atoms with Gasteiger partial charge in [-0.15, -0.1) is 11.3 Å². The van der Waals surface area contributed by atoms with Gasteiger partial charge in [0, 0.05) is 12.6 Å². The number of nitrogens with zero attached hydrogens (tertiary/aromatic N) is 2. The lowest BCUT2D eigenvalue weighted by Gasteiger charge is -2.27. The maximum atomic E-state index is 12.7. The van der Waals surface area contributed by atoms with Crippen molar-refractivity contribution in [3.8, 4) is 0 Å². The fourth-order valence-electron chi connectivity index (χ4n) is 2.71. The van der Waals surface area contributed by atoms with Gasteiger partial charge in [0.2, 0.25) is 0 Å². The molecule has 1 aliphatic rings. The van der Waals surface area contributed by atoms with Gasteiger partial charge >= 0.3 is 0 Å². The topological polar surface area (TPSA) is 73.7 Å². The summed E-state index contributed by atoms with van der Waals surface area (Å²) in [6.07, 6.45) is 0.113. The maximum Gasteiger partial charge on any atom is 0.254 e. The SMILES string of the molecule is CC(C)CCN(C(=O)C(O)C(O)c1nc2ccccc2s1)C1CC1. The zero-order valence-electron chi connectivity index (χ0n) is 14.1. The number of fused-ring (bicyclic) bond motifs is 1. The number of thiazole rings is 1. The quantitative estimate of drug-likeness (QED) is 0.807. The maximum absolute atomic E-state index is 12.7. The number of para-hydroxylation sites is 1. The summed E-state index contributed by atoms with van der Waals surface area (Å²) in [6, 6.07) is 7.76. The van der Waals surface area contributed by atoms with E-state index in [0.29, 0.717) is 17.5 Å². The van der Waals surface area contributed by atoms with Crippen LogP contribution in [0.5, 0.6) is 0 Å². The highest BCUT2D eigenvalue weighted by atomic mass is 32.1. The number of aliphatic hydroxyl groups excluding tert-OH is 2. The minimum atomic E-state index is -1.46. The van der Waals surface area contributed by atoms with Gasteiger partial charge < -0.3 is 15.1 Å². The Balaban J connectivity index is 1.73. The van der Waals surface area contributed by atoms with Crippen molar-refractivity contribution in [3.63, 3.8) is 0 Å². The molecule has 5 nitrogen and oxygen atoms in total. The van der Waals surface area contributed by atoms with Crippen molar-refractivity contribution in [2.45, 2.75) is 51.4 Å². The van der Waals surface area contributed by atoms with E-state index < -0.39 is 12.2 Å². The van der Waals surface area contributed by atoms with E-state index in [1.807, 2.05) is 24.3 Å². The lowest BCUT2D eigenvalue weighted by Crippen LogP contribution is -2.44. The van der Waals surface area contributed by atoms with Crippen LogP contribution in [0.3, 0.4) is 0 Å². The third kappa shape index (κ3) is 3.77. The van der Waals surface area contributed by atoms with E-state index in [9.17, 15) is 15.0 Å². The second-order valence-electron chi connectivity index (χ2n) is 6.85. The summed E-state index contributed by atoms with van der Waals surface area (Å²) in [6.45, 7) is 4.86. The first-order valence-electron chi connectivity index (χ1n) is 8.49. The molecule has 1 aliphatic carbocycles. The van der Waals surface area contributed by atoms with E-state index in [2.05, 4.69) is 18.8 Å². The summed E-state index contributed by atoms with van der Waals surface area (Å²) < 4.78 is 0.935. The Morgan fingerprint density at radius 1 is 1.33 bits per heavy atom. The normalized spacial score (nSPS) is 17.2. The Hall–Kier alpha value is -1.50. The summed E-state index contributed by atoms with van der Waals surface area (Å²) in [5.41, 5.74) is 0.773. The van der Waals surface area contributed by atoms with Crippen LogP contribution in [0.2, 0.25) is 0 Å². The first kappa shape index (κ1) is 17.3. The second kappa shape index (κ2) is 7.17. The van der Waals surface area contributed by atoms with Crippen molar-refractivity contribution in [2.24, 2.45) is 5.92 Å². The molecule has 130 valence electrons. The minimum Gasteiger partial charge on any atom is -0.383 e. The van der Waals surface area contributed by atoms with Crippen LogP contribution in [0.1, 0.15) is 44.2 Å². The highest BCUT2D eigenvalue weighted by Gasteiger charge is 2.38. The molecule has 2 aromatic rings. The Morgan fingerprint density at radius 3 is 2.67 bits per heavy atom. The second-order valence-corrected chi connectivity index (χ2v) is 7.92. The number of hydrogen-bond donors (Lipinski definition) is 2. The van der Waals surface area contributed by atoms with Crippen LogP contribution in [-0.2, 0) is 4.79 Å². The lowest BCUT2D eigenvalue weighted by molar-refractivity contribution is -0.147. The predicted molar refractivity (Wildman–Crippen MR) is 94.8 cm³/mol. The van der Waals surface area contributed by atoms with Crippen molar-refractivity contribution in [1.29, 1.82) is 0 Å². The molecule has 1 fully saturated rings. The largest absolute Gasteiger partial charge is 0.383 e. The Morgan fingerprint density at radius 2 is 2.04 bits per heavy atom. The number of aliphatic hydroxyl groups is 2. The monoisotopic (exact) mass is 348 g/mol. The fraction of sp³-hybridized carbons (Fsp3) is 0.556. The molecular weight excluding hydrogens is 324 g/mol. The van der Waals surface area contributed by atoms with Crippen LogP contribution < -0.4 is 0 Å². The highest BCUT2D eigenvalue weighted by Crippen LogP contribution is 2.32. The molecule has 0 bridgehead atoms. The van der Waals surface area contributed by atoms with Crippen LogP contribution in [0.15, 0.2) is 24.3 Å². The van der Waals surface area contributed by atoms with Gasteiger partial charge in [-0.05, 0) is 37.3 Å². The molecule has 2 unspecified atom stereocenters. The Bertz CT molecular complexity index is 678. The summed E-state index contributed by atoms with van der Waals surface area (Å²) >= 11 is 1.31. The van der Waals surface area contributed by atoms with Gasteiger partial charge in [0.25, 0.3) is 5.91 Å². The number of amides is 1. The molecule has 1 aromatic carbocycles. The van der Waals surface area contributed by atoms with E-state index in [-0.39, 0.29) is 11.9 Å². The van der Waals surface area contributed by atoms with E-state index in [1.54, 1.807) is 4.90 Å². The molecule has 6 heteroatoms. The van der Waals surface area contributed by atoms with E-state index in [4.69, 9.17) is 0 Å². The standard InChI is InChI=1S/C18H24N2O3S/c1-11(2)9-10-20(12-7-8-12)18(23)16(22)15(21)17-19-13-5-3-4-6-14(13)24-17/h3-6,11-12,15-16,21-22H,7-10H2,1-2H3. The first-order chi connectivity index (χ1) is 11.5. The van der Waals surface area contributed by atoms with Crippen LogP contribution in [-0.4, -0.2) is 44.7 Å². The van der Waals surface area contributed by atoms with E-state index in [0.717, 1.165) is 29.5 Å². The Kier molecular flexibility index (Phi) is 5.18. The third-order valence-corrected chi connectivity index (χ3v) is 5.44. The zero-order chi connectivity index (χ0) is 17.3. The molecule has 1 amide bonds. The molecule has 0 aliphatic heterocycles. The van der Waals surface area contributed by atoms with Gasteiger partial charge in [-0.3, -0.25) is 4.79 Å². The molecule has 2 atom stereocenters. The number of benzene rings is 1. The van der Waals surface area contributed by atoms with E-state index in [1.165, 1.54) is 11.3 Å². The lowest BCUT2D eigenvalue weighted by atomic mass is 10.1. The average Bonchev–Trinajstić information content (AvgIpc) is 3.30. The molecule has 1 saturated carbocycles. The minimum absolute atomic E-state index is 0.216. The van der Waals surface area contributed by atoms with Crippen molar-refractivity contribution in [1.82, 2.24) is 9.88 Å². The van der Waals surface area contributed by atoms with Gasteiger partial charge in [0.1, 0.15) is 11.1 Å². The summed E-state index contributed by atoms with van der Waals surface area (Å²) in [5, 5.41) is 21.2. The first-order valence-corrected chi connectivity index (χ1v) is 9.31. The van der Waals surface area contributed by atoms with Crippen molar-refractivity contribution in [2.75, 3.05) is 6.54 Å². The molecule has 0 radical (unpaired) electrons. The zero-order valence-corrected chi connectivity index (χ0v) is 14.9. The van der Waals surface area contributed by atoms with Crippen LogP contribution in [0, 0.1) is 5.92 Å². The molecule has 3 rings (SSSR count). The molecule has 24 heavy (non-hydrogen) atoms. The van der Waals surface area contributed by atoms with Gasteiger partial charge in [0.05, 0.1) is 10.2 Å². The fourth-order valence-corrected chi connectivity index (χ4v) is 3.70. The third-order valence-electron chi connectivity index (χ3n) is 4.33. The van der Waals surface area contributed by atoms with Crippen molar-refractivity contribution in [3.05, 3.63) is 29.3 Å². The number of rotatable bonds is 7. The summed E-state index contributed by atoms with van der Waals surface area (Å²) in [5.74, 6) is 0.107. The smallest absolute Gasteiger partial charge is 0.254 e. The molecule has 1 heterocycles. The van der Waals surface area contributed by atoms with Gasteiger partial charge in [-0.1, -0.05) is 26.0 Å². The van der Waals surface area contributed by atoms with E-state index >= 15 is 0 Å². The number of hydrogen-bond acceptors (Lipinski definition) is 5. The summed E-state index contributed by atoms with van der Waals surface area (Å²) in [7, 11) is 0. The number of carbonyl (C=O) groups excluding carboxylic acids is 1.